The van der Waals surface area contributed by atoms with Crippen molar-refractivity contribution in [1.29, 1.82) is 0 Å². The van der Waals surface area contributed by atoms with Crippen LogP contribution in [0.5, 0.6) is 0 Å². The van der Waals surface area contributed by atoms with Gasteiger partial charge in [0.1, 0.15) is 34.3 Å². The van der Waals surface area contributed by atoms with Gasteiger partial charge in [-0.05, 0) is 34.7 Å². The first-order chi connectivity index (χ1) is 21.6. The molecule has 0 aliphatic heterocycles. The van der Waals surface area contributed by atoms with Gasteiger partial charge >= 0.3 is 24.3 Å². The molecule has 0 radical (unpaired) electrons. The fraction of sp³-hybridized carbons (Fsp3) is 0.538. The molecular formula is C26H38F6N6O8. The maximum atomic E-state index is 12.5. The molecule has 0 unspecified atom stereocenters. The lowest BCUT2D eigenvalue weighted by molar-refractivity contribution is -0.142. The first-order valence-electron chi connectivity index (χ1n) is 13.2. The number of hydrazine groups is 1. The van der Waals surface area contributed by atoms with Gasteiger partial charge in [0, 0.05) is 20.3 Å². The number of nitrogens with one attached hydrogen (secondary N) is 1. The zero-order valence-electron chi connectivity index (χ0n) is 26.2. The number of aromatic nitrogens is 4. The minimum absolute atomic E-state index is 0.00117. The molecule has 0 bridgehead atoms. The van der Waals surface area contributed by atoms with E-state index in [0.29, 0.717) is 6.26 Å². The topological polar surface area (TPSA) is 179 Å². The van der Waals surface area contributed by atoms with Gasteiger partial charge in [0.15, 0.2) is 0 Å². The van der Waals surface area contributed by atoms with Crippen LogP contribution < -0.4 is 11.3 Å². The van der Waals surface area contributed by atoms with E-state index in [4.69, 9.17) is 0 Å². The average Bonchev–Trinajstić information content (AvgIpc) is 3.57. The highest BCUT2D eigenvalue weighted by molar-refractivity contribution is 6.18. The molecule has 0 atom stereocenters. The Morgan fingerprint density at radius 2 is 1.37 bits per heavy atom. The number of hydrogen-bond acceptors (Lipinski definition) is 12. The van der Waals surface area contributed by atoms with Gasteiger partial charge in [0.25, 0.3) is 12.9 Å². The molecule has 262 valence electrons. The molecule has 0 aliphatic carbocycles. The van der Waals surface area contributed by atoms with Gasteiger partial charge < -0.3 is 18.9 Å². The normalized spacial score (nSPS) is 10.6. The van der Waals surface area contributed by atoms with Crippen LogP contribution in [0.3, 0.4) is 0 Å². The van der Waals surface area contributed by atoms with Gasteiger partial charge in [-0.2, -0.15) is 10.2 Å². The molecule has 0 aliphatic rings. The molecule has 20 heteroatoms. The summed E-state index contributed by atoms with van der Waals surface area (Å²) in [5.41, 5.74) is 0.178. The number of carbonyl (C=O) groups excluding carboxylic acids is 4. The van der Waals surface area contributed by atoms with Gasteiger partial charge in [-0.25, -0.2) is 40.7 Å². The fourth-order valence-electron chi connectivity index (χ4n) is 2.80. The third-order valence-electron chi connectivity index (χ3n) is 4.57. The smallest absolute Gasteiger partial charge is 0.345 e. The number of halogens is 6. The molecule has 3 N–H and O–H groups in total. The van der Waals surface area contributed by atoms with Gasteiger partial charge in [-0.1, -0.05) is 0 Å². The number of Topliss-reactive ketones (excluding diaryl/α,β-unsaturated/α-hetero) is 1. The van der Waals surface area contributed by atoms with Crippen LogP contribution in [-0.2, 0) is 42.6 Å². The van der Waals surface area contributed by atoms with Crippen LogP contribution in [0.2, 0.25) is 0 Å². The van der Waals surface area contributed by atoms with Crippen molar-refractivity contribution in [2.75, 3.05) is 33.5 Å². The van der Waals surface area contributed by atoms with E-state index in [1.165, 1.54) is 27.2 Å². The maximum Gasteiger partial charge on any atom is 0.345 e. The van der Waals surface area contributed by atoms with Crippen LogP contribution >= 0.6 is 0 Å². The fourth-order valence-corrected chi connectivity index (χ4v) is 2.80. The molecule has 0 saturated carbocycles. The predicted molar refractivity (Wildman–Crippen MR) is 149 cm³/mol. The molecule has 2 aromatic heterocycles. The van der Waals surface area contributed by atoms with Crippen molar-refractivity contribution in [2.24, 2.45) is 19.9 Å². The summed E-state index contributed by atoms with van der Waals surface area (Å²) >= 11 is 0. The Hall–Kier alpha value is -4.46. The summed E-state index contributed by atoms with van der Waals surface area (Å²) < 4.78 is 94.1. The number of hydrogen-bond donors (Lipinski definition) is 2. The van der Waals surface area contributed by atoms with E-state index in [2.05, 4.69) is 40.4 Å². The lowest BCUT2D eigenvalue weighted by Crippen LogP contribution is -2.21. The Morgan fingerprint density at radius 1 is 0.870 bits per heavy atom. The molecule has 0 fully saturated rings. The Morgan fingerprint density at radius 3 is 1.78 bits per heavy atom. The number of aryl methyl sites for hydroxylation is 2. The van der Waals surface area contributed by atoms with Crippen LogP contribution in [-0.4, -0.2) is 83.2 Å². The van der Waals surface area contributed by atoms with Gasteiger partial charge in [0.05, 0.1) is 32.6 Å². The third-order valence-corrected chi connectivity index (χ3v) is 4.57. The number of nitrogens with zero attached hydrogens (tertiary/aromatic N) is 4. The highest BCUT2D eigenvalue weighted by Gasteiger charge is 2.28. The van der Waals surface area contributed by atoms with Crippen molar-refractivity contribution in [3.05, 3.63) is 46.7 Å². The summed E-state index contributed by atoms with van der Waals surface area (Å²) in [6, 6.07) is 0. The summed E-state index contributed by atoms with van der Waals surface area (Å²) in [7, 11) is 4.47. The van der Waals surface area contributed by atoms with E-state index in [9.17, 15) is 45.5 Å². The number of carbonyl (C=O) groups is 4. The first-order valence-corrected chi connectivity index (χ1v) is 13.2. The Bertz CT molecular complexity index is 1240. The summed E-state index contributed by atoms with van der Waals surface area (Å²) in [6.45, 7) is 6.77. The summed E-state index contributed by atoms with van der Waals surface area (Å²) in [5.74, 6) is 0.366. The highest BCUT2D eigenvalue weighted by atomic mass is 19.3. The van der Waals surface area contributed by atoms with E-state index in [0.717, 1.165) is 15.6 Å². The van der Waals surface area contributed by atoms with Crippen LogP contribution in [0.15, 0.2) is 24.2 Å². The monoisotopic (exact) mass is 676 g/mol. The van der Waals surface area contributed by atoms with Crippen molar-refractivity contribution >= 4 is 23.7 Å². The van der Waals surface area contributed by atoms with Crippen molar-refractivity contribution in [1.82, 2.24) is 25.0 Å². The third kappa shape index (κ3) is 15.5. The van der Waals surface area contributed by atoms with E-state index >= 15 is 0 Å². The van der Waals surface area contributed by atoms with Gasteiger partial charge in [-0.15, -0.1) is 0 Å². The van der Waals surface area contributed by atoms with Gasteiger partial charge in [-0.3, -0.25) is 25.4 Å². The molecule has 0 saturated heterocycles. The number of ketones is 1. The summed E-state index contributed by atoms with van der Waals surface area (Å²) in [4.78, 5) is 44.3. The molecule has 2 rings (SSSR count). The van der Waals surface area contributed by atoms with Crippen molar-refractivity contribution in [3.8, 4) is 0 Å². The lowest BCUT2D eigenvalue weighted by Gasteiger charge is -2.05. The standard InChI is InChI=1S/C9H12F2O4.2C8H10F2N2O2.CH6N2/c1-3-14-5-6(7(12)8(10)11)9(13)15-4-2;1-3-14-8(13)5-4-12(2)11-6(5)7(9)10;1-3-14-8(13)5-4-11-12(2)6(5)7(9)10;1-3-2/h5,8H,3-4H2,1-2H3;2*4,7H,3H2,1-2H3;3H,2H2,1H3. The highest BCUT2D eigenvalue weighted by Crippen LogP contribution is 2.23. The quantitative estimate of drug-likeness (QED) is 0.0386. The van der Waals surface area contributed by atoms with Crippen LogP contribution in [0.1, 0.15) is 72.6 Å². The minimum atomic E-state index is -3.25. The van der Waals surface area contributed by atoms with Crippen LogP contribution in [0.4, 0.5) is 26.3 Å². The average molecular weight is 677 g/mol. The second-order valence-electron chi connectivity index (χ2n) is 7.87. The zero-order valence-corrected chi connectivity index (χ0v) is 26.2. The van der Waals surface area contributed by atoms with Crippen LogP contribution in [0.25, 0.3) is 0 Å². The first kappa shape index (κ1) is 43.7. The molecule has 2 aromatic rings. The second-order valence-corrected chi connectivity index (χ2v) is 7.87. The molecule has 0 spiro atoms. The molecule has 14 nitrogen and oxygen atoms in total. The number of esters is 3. The van der Waals surface area contributed by atoms with E-state index < -0.39 is 59.9 Å². The number of rotatable bonds is 12. The minimum Gasteiger partial charge on any atom is -0.500 e. The molecule has 0 aromatic carbocycles. The summed E-state index contributed by atoms with van der Waals surface area (Å²) in [5, 5.41) is 7.06. The lowest BCUT2D eigenvalue weighted by atomic mass is 10.2. The molecule has 0 amide bonds. The number of ether oxygens (including phenoxy) is 4. The molecule has 2 heterocycles. The number of alkyl halides is 6. The van der Waals surface area contributed by atoms with E-state index in [1.54, 1.807) is 27.8 Å². The SMILES string of the molecule is CCOC(=O)c1cn(C)nc1C(F)F.CCOC(=O)c1cnn(C)c1C(F)F.CCOC=C(C(=O)OCC)C(=O)C(F)F.CNN. The zero-order chi connectivity index (χ0) is 36.0. The van der Waals surface area contributed by atoms with Crippen molar-refractivity contribution < 1.29 is 64.5 Å². The van der Waals surface area contributed by atoms with E-state index in [1.807, 2.05) is 0 Å². The second kappa shape index (κ2) is 23.9. The largest absolute Gasteiger partial charge is 0.500 e. The Balaban J connectivity index is 0. The van der Waals surface area contributed by atoms with Gasteiger partial charge in [0.2, 0.25) is 5.78 Å². The molecule has 46 heavy (non-hydrogen) atoms. The summed E-state index contributed by atoms with van der Waals surface area (Å²) in [6.07, 6.45) is -5.75. The number of nitrogens with two attached hydrogens (primary N) is 1. The Labute approximate surface area is 260 Å². The predicted octanol–water partition coefficient (Wildman–Crippen LogP) is 3.45. The van der Waals surface area contributed by atoms with E-state index in [-0.39, 0.29) is 37.6 Å². The van der Waals surface area contributed by atoms with Crippen molar-refractivity contribution in [3.63, 3.8) is 0 Å². The Kier molecular flexibility index (Phi) is 22.7. The van der Waals surface area contributed by atoms with Crippen LogP contribution in [0, 0.1) is 0 Å². The molecular weight excluding hydrogens is 638 g/mol. The maximum absolute atomic E-state index is 12.5. The van der Waals surface area contributed by atoms with Crippen molar-refractivity contribution in [2.45, 2.75) is 47.0 Å².